The van der Waals surface area contributed by atoms with Crippen molar-refractivity contribution in [1.29, 1.82) is 0 Å². The molecule has 0 saturated carbocycles. The van der Waals surface area contributed by atoms with E-state index in [2.05, 4.69) is 10.6 Å². The number of hydrogen-bond donors (Lipinski definition) is 4. The Morgan fingerprint density at radius 2 is 1.89 bits per heavy atom. The van der Waals surface area contributed by atoms with E-state index in [-0.39, 0.29) is 64.4 Å². The van der Waals surface area contributed by atoms with Gasteiger partial charge in [-0.25, -0.2) is 4.79 Å². The standard InChI is InChI=1S/C31H42N2O11/c1-31(2,3)44-27(37)9-8-22(18-35)33-26(36)10-12-32-29(38)21-16-24-28(42-19-41-24)25(17-21)43-30(39)23-7-5-4-6-20(23)11-14-40-15-13-34/h4-7,11,14,16,22,24-25,28,34-35H,8-10,12-13,15,17-19H2,1-3H3,(H,32,38)(H,33,36)/t22-,24+,25+,28+/m0/s1. The van der Waals surface area contributed by atoms with Crippen molar-refractivity contribution in [3.05, 3.63) is 53.3 Å². The number of esters is 2. The van der Waals surface area contributed by atoms with Gasteiger partial charge >= 0.3 is 11.9 Å². The summed E-state index contributed by atoms with van der Waals surface area (Å²) in [4.78, 5) is 50.5. The molecule has 0 unspecified atom stereocenters. The van der Waals surface area contributed by atoms with Crippen LogP contribution in [0.15, 0.2) is 42.2 Å². The molecule has 1 saturated heterocycles. The molecular formula is C31H42N2O11. The number of amides is 2. The maximum absolute atomic E-state index is 13.2. The number of carbonyl (C=O) groups is 4. The Bertz CT molecular complexity index is 1210. The van der Waals surface area contributed by atoms with Crippen LogP contribution in [0.3, 0.4) is 0 Å². The molecule has 2 amide bonds. The van der Waals surface area contributed by atoms with Crippen LogP contribution in [-0.2, 0) is 38.1 Å². The van der Waals surface area contributed by atoms with Crippen LogP contribution in [-0.4, -0.2) is 97.1 Å². The lowest BCUT2D eigenvalue weighted by molar-refractivity contribution is -0.155. The van der Waals surface area contributed by atoms with Crippen LogP contribution in [0.25, 0.3) is 6.08 Å². The second kappa shape index (κ2) is 16.9. The summed E-state index contributed by atoms with van der Waals surface area (Å²) in [6, 6.07) is 6.14. The smallest absolute Gasteiger partial charge is 0.339 e. The highest BCUT2D eigenvalue weighted by molar-refractivity contribution is 5.95. The van der Waals surface area contributed by atoms with Crippen LogP contribution >= 0.6 is 0 Å². The molecule has 1 fully saturated rings. The highest BCUT2D eigenvalue weighted by atomic mass is 16.7. The molecule has 13 nitrogen and oxygen atoms in total. The van der Waals surface area contributed by atoms with Gasteiger partial charge in [0.05, 0.1) is 31.1 Å². The molecule has 0 spiro atoms. The Kier molecular flexibility index (Phi) is 13.3. The first-order valence-electron chi connectivity index (χ1n) is 14.5. The van der Waals surface area contributed by atoms with Crippen LogP contribution < -0.4 is 10.6 Å². The van der Waals surface area contributed by atoms with Crippen LogP contribution in [0, 0.1) is 0 Å². The van der Waals surface area contributed by atoms with Gasteiger partial charge in [-0.15, -0.1) is 0 Å². The van der Waals surface area contributed by atoms with Crippen molar-refractivity contribution in [3.63, 3.8) is 0 Å². The van der Waals surface area contributed by atoms with Gasteiger partial charge in [-0.3, -0.25) is 14.4 Å². The van der Waals surface area contributed by atoms with Gasteiger partial charge in [0.2, 0.25) is 11.8 Å². The topological polar surface area (TPSA) is 179 Å². The minimum Gasteiger partial charge on any atom is -0.499 e. The van der Waals surface area contributed by atoms with Crippen molar-refractivity contribution in [2.24, 2.45) is 0 Å². The van der Waals surface area contributed by atoms with E-state index in [4.69, 9.17) is 28.8 Å². The molecule has 4 atom stereocenters. The van der Waals surface area contributed by atoms with Gasteiger partial charge < -0.3 is 44.5 Å². The zero-order chi connectivity index (χ0) is 32.1. The van der Waals surface area contributed by atoms with Crippen molar-refractivity contribution in [2.75, 3.05) is 33.2 Å². The number of aliphatic hydroxyl groups excluding tert-OH is 2. The van der Waals surface area contributed by atoms with Gasteiger partial charge in [0.25, 0.3) is 0 Å². The van der Waals surface area contributed by atoms with E-state index < -0.39 is 53.7 Å². The molecule has 1 aliphatic carbocycles. The quantitative estimate of drug-likeness (QED) is 0.127. The van der Waals surface area contributed by atoms with Crippen LogP contribution in [0.2, 0.25) is 0 Å². The van der Waals surface area contributed by atoms with E-state index in [9.17, 15) is 24.3 Å². The Labute approximate surface area is 256 Å². The number of benzene rings is 1. The molecular weight excluding hydrogens is 576 g/mol. The van der Waals surface area contributed by atoms with E-state index in [0.717, 1.165) is 0 Å². The number of aliphatic hydroxyl groups is 2. The molecule has 1 aromatic rings. The lowest BCUT2D eigenvalue weighted by atomic mass is 9.91. The lowest BCUT2D eigenvalue weighted by Crippen LogP contribution is -2.44. The fourth-order valence-corrected chi connectivity index (χ4v) is 4.59. The third-order valence-electron chi connectivity index (χ3n) is 6.62. The Balaban J connectivity index is 1.52. The number of carbonyl (C=O) groups excluding carboxylic acids is 4. The molecule has 0 aromatic heterocycles. The highest BCUT2D eigenvalue weighted by Gasteiger charge is 2.42. The zero-order valence-electron chi connectivity index (χ0n) is 25.3. The molecule has 242 valence electrons. The van der Waals surface area contributed by atoms with Crippen molar-refractivity contribution in [2.45, 2.75) is 76.4 Å². The van der Waals surface area contributed by atoms with Gasteiger partial charge in [0.15, 0.2) is 0 Å². The number of nitrogens with one attached hydrogen (secondary N) is 2. The highest BCUT2D eigenvalue weighted by Crippen LogP contribution is 2.31. The van der Waals surface area contributed by atoms with Gasteiger partial charge in [-0.2, -0.15) is 0 Å². The molecule has 13 heteroatoms. The lowest BCUT2D eigenvalue weighted by Gasteiger charge is -2.30. The SMILES string of the molecule is CC(C)(C)OC(=O)CC[C@@H](CO)NC(=O)CCNC(=O)C1=C[C@H]2OCO[C@H]2[C@H](OC(=O)c2ccccc2C=COCCO)C1. The fourth-order valence-electron chi connectivity index (χ4n) is 4.59. The van der Waals surface area contributed by atoms with E-state index in [0.29, 0.717) is 11.1 Å². The first-order chi connectivity index (χ1) is 21.0. The summed E-state index contributed by atoms with van der Waals surface area (Å²) >= 11 is 0. The minimum absolute atomic E-state index is 0.0141. The third-order valence-corrected chi connectivity index (χ3v) is 6.62. The monoisotopic (exact) mass is 618 g/mol. The van der Waals surface area contributed by atoms with E-state index in [1.165, 1.54) is 6.26 Å². The summed E-state index contributed by atoms with van der Waals surface area (Å²) in [6.45, 7) is 4.89. The van der Waals surface area contributed by atoms with E-state index in [1.807, 2.05) is 0 Å². The summed E-state index contributed by atoms with van der Waals surface area (Å²) in [6.07, 6.45) is 2.87. The Morgan fingerprint density at radius 1 is 1.11 bits per heavy atom. The van der Waals surface area contributed by atoms with Crippen molar-refractivity contribution in [1.82, 2.24) is 10.6 Å². The van der Waals surface area contributed by atoms with Gasteiger partial charge in [-0.05, 0) is 51.0 Å². The summed E-state index contributed by atoms with van der Waals surface area (Å²) in [5, 5.41) is 23.8. The summed E-state index contributed by atoms with van der Waals surface area (Å²) < 4.78 is 27.4. The molecule has 1 aliphatic heterocycles. The minimum atomic E-state index is -0.804. The number of rotatable bonds is 15. The summed E-state index contributed by atoms with van der Waals surface area (Å²) in [5.41, 5.74) is 0.531. The Hall–Kier alpha value is -3.78. The molecule has 1 aromatic carbocycles. The predicted molar refractivity (Wildman–Crippen MR) is 157 cm³/mol. The van der Waals surface area contributed by atoms with Crippen molar-refractivity contribution in [3.8, 4) is 0 Å². The second-order valence-corrected chi connectivity index (χ2v) is 11.3. The molecule has 0 bridgehead atoms. The predicted octanol–water partition coefficient (Wildman–Crippen LogP) is 1.37. The van der Waals surface area contributed by atoms with Crippen LogP contribution in [0.5, 0.6) is 0 Å². The Morgan fingerprint density at radius 3 is 2.61 bits per heavy atom. The molecule has 0 radical (unpaired) electrons. The second-order valence-electron chi connectivity index (χ2n) is 11.3. The first kappa shape index (κ1) is 34.7. The van der Waals surface area contributed by atoms with E-state index >= 15 is 0 Å². The van der Waals surface area contributed by atoms with Gasteiger partial charge in [0, 0.05) is 31.4 Å². The van der Waals surface area contributed by atoms with Crippen molar-refractivity contribution < 1.29 is 53.1 Å². The van der Waals surface area contributed by atoms with E-state index in [1.54, 1.807) is 57.2 Å². The van der Waals surface area contributed by atoms with Gasteiger partial charge in [0.1, 0.15) is 37.3 Å². The first-order valence-corrected chi connectivity index (χ1v) is 14.5. The van der Waals surface area contributed by atoms with Gasteiger partial charge in [-0.1, -0.05) is 18.2 Å². The number of hydrogen-bond acceptors (Lipinski definition) is 11. The third kappa shape index (κ3) is 11.1. The maximum atomic E-state index is 13.2. The summed E-state index contributed by atoms with van der Waals surface area (Å²) in [7, 11) is 0. The summed E-state index contributed by atoms with van der Waals surface area (Å²) in [5.74, 6) is -1.89. The molecule has 1 heterocycles. The van der Waals surface area contributed by atoms with Crippen molar-refractivity contribution >= 4 is 29.8 Å². The molecule has 4 N–H and O–H groups in total. The largest absolute Gasteiger partial charge is 0.499 e. The average molecular weight is 619 g/mol. The zero-order valence-corrected chi connectivity index (χ0v) is 25.3. The molecule has 2 aliphatic rings. The molecule has 3 rings (SSSR count). The average Bonchev–Trinajstić information content (AvgIpc) is 3.46. The molecule has 44 heavy (non-hydrogen) atoms. The van der Waals surface area contributed by atoms with Crippen LogP contribution in [0.1, 0.15) is 62.4 Å². The number of fused-ring (bicyclic) bond motifs is 1. The normalized spacial score (nSPS) is 20.3. The fraction of sp³-hybridized carbons (Fsp3) is 0.548. The number of ether oxygens (including phenoxy) is 5. The maximum Gasteiger partial charge on any atom is 0.339 e. The van der Waals surface area contributed by atoms with Crippen LogP contribution in [0.4, 0.5) is 0 Å².